The van der Waals surface area contributed by atoms with E-state index in [0.29, 0.717) is 13.0 Å². The maximum absolute atomic E-state index is 12.4. The molecule has 0 aliphatic carbocycles. The molecule has 156 valence electrons. The lowest BCUT2D eigenvalue weighted by Gasteiger charge is -2.11. The molecule has 0 bridgehead atoms. The zero-order valence-corrected chi connectivity index (χ0v) is 17.8. The van der Waals surface area contributed by atoms with Crippen LogP contribution in [0.5, 0.6) is 5.75 Å². The van der Waals surface area contributed by atoms with Gasteiger partial charge in [0.2, 0.25) is 0 Å². The van der Waals surface area contributed by atoms with Crippen LogP contribution in [0, 0.1) is 0 Å². The van der Waals surface area contributed by atoms with E-state index in [1.807, 2.05) is 24.3 Å². The number of sulfonamides is 1. The van der Waals surface area contributed by atoms with Crippen molar-refractivity contribution in [3.8, 4) is 5.75 Å². The van der Waals surface area contributed by atoms with Crippen molar-refractivity contribution in [2.75, 3.05) is 18.4 Å². The Balaban J connectivity index is 1.60. The number of anilines is 1. The van der Waals surface area contributed by atoms with E-state index in [0.717, 1.165) is 11.3 Å². The number of amides is 1. The molecule has 0 saturated heterocycles. The normalized spacial score (nSPS) is 11.0. The molecule has 2 N–H and O–H groups in total. The molecule has 3 aromatic rings. The average Bonchev–Trinajstić information content (AvgIpc) is 2.74. The van der Waals surface area contributed by atoms with E-state index < -0.39 is 10.0 Å². The van der Waals surface area contributed by atoms with Crippen LogP contribution in [0.3, 0.4) is 0 Å². The van der Waals surface area contributed by atoms with Crippen molar-refractivity contribution in [1.82, 2.24) is 5.32 Å². The van der Waals surface area contributed by atoms with Crippen LogP contribution in [0.25, 0.3) is 0 Å². The summed E-state index contributed by atoms with van der Waals surface area (Å²) < 4.78 is 32.4. The Bertz CT molecular complexity index is 1120. The Labute approximate surface area is 180 Å². The highest BCUT2D eigenvalue weighted by Gasteiger charge is 2.16. The standard InChI is InChI=1S/C22H21ClN2O4S/c1-29-18-10-7-16(8-11-18)13-14-24-22(26)20-12-9-17(15-21(20)23)25-30(27,28)19-5-3-2-4-6-19/h2-12,15,25H,13-14H2,1H3,(H,24,26). The van der Waals surface area contributed by atoms with Gasteiger partial charge in [0.05, 0.1) is 28.3 Å². The molecule has 0 aliphatic heterocycles. The van der Waals surface area contributed by atoms with E-state index in [-0.39, 0.29) is 27.1 Å². The van der Waals surface area contributed by atoms with E-state index in [1.54, 1.807) is 25.3 Å². The second kappa shape index (κ2) is 9.65. The molecule has 0 atom stereocenters. The molecule has 30 heavy (non-hydrogen) atoms. The number of hydrogen-bond donors (Lipinski definition) is 2. The van der Waals surface area contributed by atoms with Crippen molar-refractivity contribution in [3.63, 3.8) is 0 Å². The molecule has 3 rings (SSSR count). The number of carbonyl (C=O) groups excluding carboxylic acids is 1. The van der Waals surface area contributed by atoms with Crippen molar-refractivity contribution >= 4 is 33.2 Å². The van der Waals surface area contributed by atoms with Gasteiger partial charge in [0.1, 0.15) is 5.75 Å². The third-order valence-electron chi connectivity index (χ3n) is 4.38. The lowest BCUT2D eigenvalue weighted by molar-refractivity contribution is 0.0954. The van der Waals surface area contributed by atoms with Crippen molar-refractivity contribution < 1.29 is 17.9 Å². The number of halogens is 1. The van der Waals surface area contributed by atoms with Gasteiger partial charge >= 0.3 is 0 Å². The molecule has 0 aliphatic rings. The number of methoxy groups -OCH3 is 1. The molecule has 0 spiro atoms. The summed E-state index contributed by atoms with van der Waals surface area (Å²) in [5.41, 5.74) is 1.61. The van der Waals surface area contributed by atoms with Gasteiger partial charge < -0.3 is 10.1 Å². The lowest BCUT2D eigenvalue weighted by atomic mass is 10.1. The number of carbonyl (C=O) groups is 1. The van der Waals surface area contributed by atoms with E-state index in [4.69, 9.17) is 16.3 Å². The molecule has 0 fully saturated rings. The second-order valence-corrected chi connectivity index (χ2v) is 8.56. The molecule has 0 aromatic heterocycles. The minimum atomic E-state index is -3.73. The van der Waals surface area contributed by atoms with Gasteiger partial charge in [0, 0.05) is 6.54 Å². The first kappa shape index (κ1) is 21.7. The first-order valence-corrected chi connectivity index (χ1v) is 11.0. The summed E-state index contributed by atoms with van der Waals surface area (Å²) in [5, 5.41) is 2.97. The van der Waals surface area contributed by atoms with Crippen molar-refractivity contribution in [3.05, 3.63) is 88.9 Å². The van der Waals surface area contributed by atoms with Crippen LogP contribution in [0.2, 0.25) is 5.02 Å². The third kappa shape index (κ3) is 5.52. The van der Waals surface area contributed by atoms with Gasteiger partial charge in [-0.3, -0.25) is 9.52 Å². The van der Waals surface area contributed by atoms with Crippen LogP contribution in [0.15, 0.2) is 77.7 Å². The van der Waals surface area contributed by atoms with Gasteiger partial charge in [-0.2, -0.15) is 0 Å². The first-order valence-electron chi connectivity index (χ1n) is 9.17. The van der Waals surface area contributed by atoms with Gasteiger partial charge in [0.15, 0.2) is 0 Å². The summed E-state index contributed by atoms with van der Waals surface area (Å²) in [6, 6.07) is 20.0. The molecule has 3 aromatic carbocycles. The predicted octanol–water partition coefficient (Wildman–Crippen LogP) is 4.12. The molecule has 0 saturated carbocycles. The number of nitrogens with one attached hydrogen (secondary N) is 2. The molecule has 0 unspecified atom stereocenters. The van der Waals surface area contributed by atoms with Crippen molar-refractivity contribution in [2.45, 2.75) is 11.3 Å². The van der Waals surface area contributed by atoms with Gasteiger partial charge in [-0.15, -0.1) is 0 Å². The zero-order chi connectivity index (χ0) is 21.6. The fraction of sp³-hybridized carbons (Fsp3) is 0.136. The van der Waals surface area contributed by atoms with Crippen LogP contribution in [-0.4, -0.2) is 28.0 Å². The summed E-state index contributed by atoms with van der Waals surface area (Å²) in [5.74, 6) is 0.448. The highest BCUT2D eigenvalue weighted by atomic mass is 35.5. The average molecular weight is 445 g/mol. The molecular weight excluding hydrogens is 424 g/mol. The number of rotatable bonds is 8. The first-order chi connectivity index (χ1) is 14.4. The quantitative estimate of drug-likeness (QED) is 0.547. The maximum Gasteiger partial charge on any atom is 0.261 e. The fourth-order valence-electron chi connectivity index (χ4n) is 2.78. The Morgan fingerprint density at radius 2 is 1.70 bits per heavy atom. The smallest absolute Gasteiger partial charge is 0.261 e. The molecule has 1 amide bonds. The SMILES string of the molecule is COc1ccc(CCNC(=O)c2ccc(NS(=O)(=O)c3ccccc3)cc2Cl)cc1. The maximum atomic E-state index is 12.4. The summed E-state index contributed by atoms with van der Waals surface area (Å²) in [6.07, 6.45) is 0.655. The highest BCUT2D eigenvalue weighted by Crippen LogP contribution is 2.23. The summed E-state index contributed by atoms with van der Waals surface area (Å²) in [7, 11) is -2.12. The summed E-state index contributed by atoms with van der Waals surface area (Å²) in [4.78, 5) is 12.6. The Morgan fingerprint density at radius 1 is 1.00 bits per heavy atom. The van der Waals surface area contributed by atoms with E-state index in [1.165, 1.54) is 30.3 Å². The Hall–Kier alpha value is -3.03. The molecule has 8 heteroatoms. The third-order valence-corrected chi connectivity index (χ3v) is 6.09. The van der Waals surface area contributed by atoms with Crippen LogP contribution in [0.1, 0.15) is 15.9 Å². The van der Waals surface area contributed by atoms with Crippen molar-refractivity contribution in [1.29, 1.82) is 0 Å². The highest BCUT2D eigenvalue weighted by molar-refractivity contribution is 7.92. The van der Waals surface area contributed by atoms with Crippen LogP contribution in [-0.2, 0) is 16.4 Å². The number of ether oxygens (including phenoxy) is 1. The fourth-order valence-corrected chi connectivity index (χ4v) is 4.12. The summed E-state index contributed by atoms with van der Waals surface area (Å²) >= 11 is 6.22. The van der Waals surface area contributed by atoms with Crippen LogP contribution >= 0.6 is 11.6 Å². The van der Waals surface area contributed by atoms with E-state index in [9.17, 15) is 13.2 Å². The topological polar surface area (TPSA) is 84.5 Å². The minimum Gasteiger partial charge on any atom is -0.497 e. The molecule has 6 nitrogen and oxygen atoms in total. The predicted molar refractivity (Wildman–Crippen MR) is 118 cm³/mol. The van der Waals surface area contributed by atoms with Gasteiger partial charge in [0.25, 0.3) is 15.9 Å². The number of benzene rings is 3. The van der Waals surface area contributed by atoms with Gasteiger partial charge in [-0.05, 0) is 54.4 Å². The Kier molecular flexibility index (Phi) is 6.97. The lowest BCUT2D eigenvalue weighted by Crippen LogP contribution is -2.26. The zero-order valence-electron chi connectivity index (χ0n) is 16.3. The van der Waals surface area contributed by atoms with Crippen LogP contribution in [0.4, 0.5) is 5.69 Å². The largest absolute Gasteiger partial charge is 0.497 e. The number of hydrogen-bond acceptors (Lipinski definition) is 4. The van der Waals surface area contributed by atoms with E-state index >= 15 is 0 Å². The van der Waals surface area contributed by atoms with E-state index in [2.05, 4.69) is 10.0 Å². The molecule has 0 heterocycles. The van der Waals surface area contributed by atoms with Crippen molar-refractivity contribution in [2.24, 2.45) is 0 Å². The monoisotopic (exact) mass is 444 g/mol. The minimum absolute atomic E-state index is 0.140. The summed E-state index contributed by atoms with van der Waals surface area (Å²) in [6.45, 7) is 0.434. The Morgan fingerprint density at radius 3 is 2.33 bits per heavy atom. The molecule has 0 radical (unpaired) electrons. The van der Waals surface area contributed by atoms with Crippen LogP contribution < -0.4 is 14.8 Å². The van der Waals surface area contributed by atoms with Gasteiger partial charge in [-0.1, -0.05) is 41.9 Å². The second-order valence-electron chi connectivity index (χ2n) is 6.47. The molecular formula is C22H21ClN2O4S. The van der Waals surface area contributed by atoms with Gasteiger partial charge in [-0.25, -0.2) is 8.42 Å².